The smallest absolute Gasteiger partial charge is 0.0249 e. The maximum absolute atomic E-state index is 3.56. The van der Waals surface area contributed by atoms with E-state index >= 15 is 0 Å². The summed E-state index contributed by atoms with van der Waals surface area (Å²) < 4.78 is 0. The zero-order valence-corrected chi connectivity index (χ0v) is 11.0. The first-order valence-electron chi connectivity index (χ1n) is 7.26. The second-order valence-corrected chi connectivity index (χ2v) is 5.66. The summed E-state index contributed by atoms with van der Waals surface area (Å²) in [6, 6.07) is 1.57. The van der Waals surface area contributed by atoms with Gasteiger partial charge in [0.15, 0.2) is 0 Å². The third-order valence-corrected chi connectivity index (χ3v) is 4.71. The van der Waals surface area contributed by atoms with Gasteiger partial charge in [-0.1, -0.05) is 32.6 Å². The number of hydrogen-bond donors (Lipinski definition) is 1. The second-order valence-electron chi connectivity index (χ2n) is 5.66. The van der Waals surface area contributed by atoms with E-state index in [0.29, 0.717) is 0 Å². The Balaban J connectivity index is 1.94. The Morgan fingerprint density at radius 3 is 2.62 bits per heavy atom. The Morgan fingerprint density at radius 2 is 1.94 bits per heavy atom. The van der Waals surface area contributed by atoms with Crippen LogP contribution in [0.5, 0.6) is 0 Å². The van der Waals surface area contributed by atoms with Gasteiger partial charge in [-0.05, 0) is 38.8 Å². The SMILES string of the molecule is CCC1CCN(C2CCCCCC2NC)C1. The molecule has 1 saturated heterocycles. The number of likely N-dealkylation sites (N-methyl/N-ethyl adjacent to an activating group) is 1. The first-order valence-corrected chi connectivity index (χ1v) is 7.26. The van der Waals surface area contributed by atoms with Crippen LogP contribution in [0.1, 0.15) is 51.9 Å². The zero-order chi connectivity index (χ0) is 11.4. The van der Waals surface area contributed by atoms with Gasteiger partial charge in [-0.15, -0.1) is 0 Å². The van der Waals surface area contributed by atoms with Crippen LogP contribution in [0, 0.1) is 5.92 Å². The van der Waals surface area contributed by atoms with E-state index < -0.39 is 0 Å². The number of hydrogen-bond acceptors (Lipinski definition) is 2. The summed E-state index contributed by atoms with van der Waals surface area (Å²) in [4.78, 5) is 2.78. The number of nitrogens with zero attached hydrogens (tertiary/aromatic N) is 1. The minimum atomic E-state index is 0.748. The summed E-state index contributed by atoms with van der Waals surface area (Å²) in [6.45, 7) is 5.05. The molecule has 2 aliphatic rings. The molecule has 3 atom stereocenters. The summed E-state index contributed by atoms with van der Waals surface area (Å²) in [7, 11) is 2.15. The number of likely N-dealkylation sites (tertiary alicyclic amines) is 1. The summed E-state index contributed by atoms with van der Waals surface area (Å²) >= 11 is 0. The van der Waals surface area contributed by atoms with E-state index in [1.807, 2.05) is 0 Å². The third kappa shape index (κ3) is 2.78. The highest BCUT2D eigenvalue weighted by atomic mass is 15.2. The monoisotopic (exact) mass is 224 g/mol. The van der Waals surface area contributed by atoms with Crippen LogP contribution in [0.2, 0.25) is 0 Å². The van der Waals surface area contributed by atoms with Crippen molar-refractivity contribution >= 4 is 0 Å². The molecule has 2 rings (SSSR count). The van der Waals surface area contributed by atoms with Gasteiger partial charge >= 0.3 is 0 Å². The van der Waals surface area contributed by atoms with E-state index in [1.165, 1.54) is 58.0 Å². The van der Waals surface area contributed by atoms with E-state index in [2.05, 4.69) is 24.2 Å². The molecule has 2 fully saturated rings. The molecule has 1 saturated carbocycles. The lowest BCUT2D eigenvalue weighted by atomic mass is 10.0. The number of rotatable bonds is 3. The molecule has 1 N–H and O–H groups in total. The molecule has 1 aliphatic carbocycles. The van der Waals surface area contributed by atoms with E-state index in [0.717, 1.165) is 18.0 Å². The van der Waals surface area contributed by atoms with Gasteiger partial charge in [0.05, 0.1) is 0 Å². The van der Waals surface area contributed by atoms with Gasteiger partial charge in [0.2, 0.25) is 0 Å². The van der Waals surface area contributed by atoms with Crippen molar-refractivity contribution in [3.05, 3.63) is 0 Å². The molecule has 0 spiro atoms. The molecule has 0 amide bonds. The Hall–Kier alpha value is -0.0800. The molecular formula is C14H28N2. The van der Waals surface area contributed by atoms with Crippen LogP contribution in [-0.2, 0) is 0 Å². The van der Waals surface area contributed by atoms with Crippen LogP contribution in [0.3, 0.4) is 0 Å². The maximum Gasteiger partial charge on any atom is 0.0249 e. The fraction of sp³-hybridized carbons (Fsp3) is 1.00. The predicted molar refractivity (Wildman–Crippen MR) is 69.7 cm³/mol. The Morgan fingerprint density at radius 1 is 1.12 bits per heavy atom. The highest BCUT2D eigenvalue weighted by Gasteiger charge is 2.32. The van der Waals surface area contributed by atoms with Gasteiger partial charge in [-0.3, -0.25) is 4.90 Å². The van der Waals surface area contributed by atoms with Crippen LogP contribution < -0.4 is 5.32 Å². The first-order chi connectivity index (χ1) is 7.85. The van der Waals surface area contributed by atoms with E-state index in [9.17, 15) is 0 Å². The average Bonchev–Trinajstić information content (AvgIpc) is 2.66. The summed E-state index contributed by atoms with van der Waals surface area (Å²) in [5, 5.41) is 3.56. The van der Waals surface area contributed by atoms with Crippen LogP contribution >= 0.6 is 0 Å². The summed E-state index contributed by atoms with van der Waals surface area (Å²) in [5.74, 6) is 0.973. The molecule has 0 bridgehead atoms. The van der Waals surface area contributed by atoms with E-state index in [4.69, 9.17) is 0 Å². The molecule has 0 radical (unpaired) electrons. The van der Waals surface area contributed by atoms with Gasteiger partial charge in [0.25, 0.3) is 0 Å². The van der Waals surface area contributed by atoms with E-state index in [-0.39, 0.29) is 0 Å². The Bertz CT molecular complexity index is 205. The highest BCUT2D eigenvalue weighted by Crippen LogP contribution is 2.28. The second kappa shape index (κ2) is 6.02. The average molecular weight is 224 g/mol. The third-order valence-electron chi connectivity index (χ3n) is 4.71. The largest absolute Gasteiger partial charge is 0.315 e. The van der Waals surface area contributed by atoms with Gasteiger partial charge < -0.3 is 5.32 Å². The Kier molecular flexibility index (Phi) is 4.66. The Labute approximate surface area is 101 Å². The normalized spacial score (nSPS) is 37.5. The predicted octanol–water partition coefficient (Wildman–Crippen LogP) is 2.64. The molecule has 1 aliphatic heterocycles. The molecule has 16 heavy (non-hydrogen) atoms. The molecule has 3 unspecified atom stereocenters. The van der Waals surface area contributed by atoms with Crippen LogP contribution in [-0.4, -0.2) is 37.1 Å². The minimum Gasteiger partial charge on any atom is -0.315 e. The van der Waals surface area contributed by atoms with Crippen molar-refractivity contribution in [3.8, 4) is 0 Å². The van der Waals surface area contributed by atoms with Crippen molar-refractivity contribution in [1.29, 1.82) is 0 Å². The van der Waals surface area contributed by atoms with Crippen LogP contribution in [0.4, 0.5) is 0 Å². The lowest BCUT2D eigenvalue weighted by Crippen LogP contribution is -2.47. The van der Waals surface area contributed by atoms with Gasteiger partial charge in [-0.2, -0.15) is 0 Å². The van der Waals surface area contributed by atoms with Crippen molar-refractivity contribution in [2.24, 2.45) is 5.92 Å². The standard InChI is InChI=1S/C14H28N2/c1-3-12-9-10-16(11-12)14-8-6-4-5-7-13(14)15-2/h12-15H,3-11H2,1-2H3. The topological polar surface area (TPSA) is 15.3 Å². The van der Waals surface area contributed by atoms with Crippen molar-refractivity contribution in [3.63, 3.8) is 0 Å². The number of nitrogens with one attached hydrogen (secondary N) is 1. The molecular weight excluding hydrogens is 196 g/mol. The summed E-state index contributed by atoms with van der Waals surface area (Å²) in [5.41, 5.74) is 0. The zero-order valence-electron chi connectivity index (χ0n) is 11.0. The van der Waals surface area contributed by atoms with Gasteiger partial charge in [0.1, 0.15) is 0 Å². The fourth-order valence-corrected chi connectivity index (χ4v) is 3.56. The van der Waals surface area contributed by atoms with Gasteiger partial charge in [-0.25, -0.2) is 0 Å². The van der Waals surface area contributed by atoms with Crippen molar-refractivity contribution in [1.82, 2.24) is 10.2 Å². The molecule has 2 nitrogen and oxygen atoms in total. The lowest BCUT2D eigenvalue weighted by Gasteiger charge is -2.33. The van der Waals surface area contributed by atoms with Crippen LogP contribution in [0.15, 0.2) is 0 Å². The molecule has 2 heteroatoms. The summed E-state index contributed by atoms with van der Waals surface area (Å²) in [6.07, 6.45) is 9.91. The molecule has 0 aromatic carbocycles. The molecule has 0 aromatic rings. The quantitative estimate of drug-likeness (QED) is 0.741. The first kappa shape index (κ1) is 12.4. The minimum absolute atomic E-state index is 0.748. The van der Waals surface area contributed by atoms with Crippen molar-refractivity contribution < 1.29 is 0 Å². The highest BCUT2D eigenvalue weighted by molar-refractivity contribution is 4.89. The molecule has 1 heterocycles. The van der Waals surface area contributed by atoms with E-state index in [1.54, 1.807) is 0 Å². The van der Waals surface area contributed by atoms with Crippen molar-refractivity contribution in [2.45, 2.75) is 64.0 Å². The van der Waals surface area contributed by atoms with Gasteiger partial charge in [0, 0.05) is 18.6 Å². The maximum atomic E-state index is 3.56. The lowest BCUT2D eigenvalue weighted by molar-refractivity contribution is 0.179. The molecule has 94 valence electrons. The van der Waals surface area contributed by atoms with Crippen LogP contribution in [0.25, 0.3) is 0 Å². The fourth-order valence-electron chi connectivity index (χ4n) is 3.56. The van der Waals surface area contributed by atoms with Crippen molar-refractivity contribution in [2.75, 3.05) is 20.1 Å². The molecule has 0 aromatic heterocycles.